The number of imide groups is 1. The number of Topliss-reactive ketones (excluding diaryl/α,β-unsaturated/α-hetero) is 1. The van der Waals surface area contributed by atoms with E-state index in [0.29, 0.717) is 21.9 Å². The van der Waals surface area contributed by atoms with Crippen LogP contribution in [-0.2, 0) is 4.79 Å². The van der Waals surface area contributed by atoms with Gasteiger partial charge in [0, 0.05) is 16.1 Å². The number of hydrogen-bond donors (Lipinski definition) is 0. The van der Waals surface area contributed by atoms with Crippen LogP contribution in [0.2, 0.25) is 5.02 Å². The first kappa shape index (κ1) is 18.9. The van der Waals surface area contributed by atoms with Crippen LogP contribution in [0.4, 0.5) is 0 Å². The number of rotatable bonds is 4. The van der Waals surface area contributed by atoms with E-state index in [4.69, 9.17) is 16.3 Å². The molecule has 3 aromatic carbocycles. The maximum atomic E-state index is 13.3. The minimum Gasteiger partial charge on any atom is -0.475 e. The Bertz CT molecular complexity index is 1080. The van der Waals surface area contributed by atoms with Crippen molar-refractivity contribution in [2.75, 3.05) is 6.54 Å². The molecule has 0 radical (unpaired) electrons. The Morgan fingerprint density at radius 2 is 1.55 bits per heavy atom. The molecule has 4 rings (SSSR count). The molecule has 1 unspecified atom stereocenters. The van der Waals surface area contributed by atoms with Gasteiger partial charge >= 0.3 is 0 Å². The first-order chi connectivity index (χ1) is 14.0. The highest BCUT2D eigenvalue weighted by Gasteiger charge is 2.38. The quantitative estimate of drug-likeness (QED) is 0.479. The van der Waals surface area contributed by atoms with Crippen molar-refractivity contribution in [3.05, 3.63) is 101 Å². The molecule has 0 N–H and O–H groups in total. The molecule has 2 amide bonds. The number of nitrogens with zero attached hydrogens (tertiary/aromatic N) is 1. The van der Waals surface area contributed by atoms with Crippen LogP contribution in [0.15, 0.2) is 78.9 Å². The van der Waals surface area contributed by atoms with Gasteiger partial charge in [-0.05, 0) is 36.4 Å². The number of halogens is 1. The Morgan fingerprint density at radius 1 is 0.897 bits per heavy atom. The zero-order valence-electron chi connectivity index (χ0n) is 15.2. The number of carbonyl (C=O) groups excluding carboxylic acids is 3. The monoisotopic (exact) mass is 405 g/mol. The van der Waals surface area contributed by atoms with Gasteiger partial charge in [-0.2, -0.15) is 0 Å². The predicted molar refractivity (Wildman–Crippen MR) is 108 cm³/mol. The van der Waals surface area contributed by atoms with Gasteiger partial charge in [0.1, 0.15) is 5.75 Å². The van der Waals surface area contributed by atoms with Gasteiger partial charge in [-0.1, -0.05) is 54.1 Å². The molecular formula is C23H16ClNO4. The lowest BCUT2D eigenvalue weighted by molar-refractivity contribution is -0.135. The van der Waals surface area contributed by atoms with Gasteiger partial charge in [0.2, 0.25) is 6.10 Å². The van der Waals surface area contributed by atoms with Gasteiger partial charge in [-0.3, -0.25) is 19.3 Å². The lowest BCUT2D eigenvalue weighted by Crippen LogP contribution is -2.42. The fraction of sp³-hybridized carbons (Fsp3) is 0.0870. The van der Waals surface area contributed by atoms with E-state index in [2.05, 4.69) is 0 Å². The Balaban J connectivity index is 1.72. The third-order valence-electron chi connectivity index (χ3n) is 4.67. The third-order valence-corrected chi connectivity index (χ3v) is 4.92. The first-order valence-corrected chi connectivity index (χ1v) is 9.37. The number of para-hydroxylation sites is 1. The summed E-state index contributed by atoms with van der Waals surface area (Å²) in [5, 5.41) is 0.495. The second kappa shape index (κ2) is 7.89. The van der Waals surface area contributed by atoms with Crippen LogP contribution in [0.1, 0.15) is 32.4 Å². The van der Waals surface area contributed by atoms with Crippen molar-refractivity contribution in [2.24, 2.45) is 0 Å². The van der Waals surface area contributed by atoms with Gasteiger partial charge in [-0.25, -0.2) is 0 Å². The molecule has 0 saturated heterocycles. The lowest BCUT2D eigenvalue weighted by atomic mass is 10.1. The zero-order valence-corrected chi connectivity index (χ0v) is 16.0. The van der Waals surface area contributed by atoms with Crippen molar-refractivity contribution >= 4 is 29.2 Å². The smallest absolute Gasteiger partial charge is 0.275 e. The second-order valence-electron chi connectivity index (χ2n) is 6.56. The summed E-state index contributed by atoms with van der Waals surface area (Å²) in [6, 6.07) is 21.8. The maximum absolute atomic E-state index is 13.3. The normalized spacial score (nSPS) is 16.0. The van der Waals surface area contributed by atoms with Crippen LogP contribution >= 0.6 is 11.6 Å². The summed E-state index contributed by atoms with van der Waals surface area (Å²) in [5.74, 6) is -1.21. The average molecular weight is 406 g/mol. The molecular weight excluding hydrogens is 390 g/mol. The van der Waals surface area contributed by atoms with E-state index in [1.54, 1.807) is 72.8 Å². The molecule has 29 heavy (non-hydrogen) atoms. The SMILES string of the molecule is O=C(CN1C(=O)c2ccccc2OC(c2ccccc2)C1=O)c1ccc(Cl)cc1. The minimum atomic E-state index is -1.03. The Labute approximate surface area is 172 Å². The number of ether oxygens (including phenoxy) is 1. The lowest BCUT2D eigenvalue weighted by Gasteiger charge is -2.22. The highest BCUT2D eigenvalue weighted by Crippen LogP contribution is 2.32. The molecule has 0 saturated carbocycles. The highest BCUT2D eigenvalue weighted by molar-refractivity contribution is 6.30. The molecule has 144 valence electrons. The summed E-state index contributed by atoms with van der Waals surface area (Å²) in [6.07, 6.45) is -1.03. The fourth-order valence-electron chi connectivity index (χ4n) is 3.17. The number of fused-ring (bicyclic) bond motifs is 1. The van der Waals surface area contributed by atoms with Gasteiger partial charge < -0.3 is 4.74 Å². The molecule has 0 spiro atoms. The summed E-state index contributed by atoms with van der Waals surface area (Å²) in [4.78, 5) is 40.1. The number of amides is 2. The molecule has 6 heteroatoms. The molecule has 0 aromatic heterocycles. The predicted octanol–water partition coefficient (Wildman–Crippen LogP) is 4.33. The van der Waals surface area contributed by atoms with E-state index in [-0.39, 0.29) is 17.9 Å². The van der Waals surface area contributed by atoms with Gasteiger partial charge in [0.05, 0.1) is 12.1 Å². The molecule has 1 heterocycles. The summed E-state index contributed by atoms with van der Waals surface area (Å²) in [7, 11) is 0. The third kappa shape index (κ3) is 3.77. The van der Waals surface area contributed by atoms with Gasteiger partial charge in [-0.15, -0.1) is 0 Å². The molecule has 1 aliphatic heterocycles. The molecule has 1 aliphatic rings. The first-order valence-electron chi connectivity index (χ1n) is 8.99. The number of ketones is 1. The number of carbonyl (C=O) groups is 3. The van der Waals surface area contributed by atoms with Crippen molar-refractivity contribution in [3.63, 3.8) is 0 Å². The molecule has 0 fully saturated rings. The number of benzene rings is 3. The van der Waals surface area contributed by atoms with Crippen molar-refractivity contribution in [3.8, 4) is 5.75 Å². The van der Waals surface area contributed by atoms with Crippen LogP contribution in [0, 0.1) is 0 Å². The van der Waals surface area contributed by atoms with E-state index in [1.165, 1.54) is 0 Å². The maximum Gasteiger partial charge on any atom is 0.275 e. The molecule has 1 atom stereocenters. The molecule has 0 aliphatic carbocycles. The van der Waals surface area contributed by atoms with Crippen LogP contribution in [0.3, 0.4) is 0 Å². The van der Waals surface area contributed by atoms with Crippen molar-refractivity contribution < 1.29 is 19.1 Å². The Hall–Kier alpha value is -3.44. The summed E-state index contributed by atoms with van der Waals surface area (Å²) in [6.45, 7) is -0.389. The zero-order chi connectivity index (χ0) is 20.4. The van der Waals surface area contributed by atoms with Crippen LogP contribution in [0.25, 0.3) is 0 Å². The average Bonchev–Trinajstić information content (AvgIpc) is 2.85. The van der Waals surface area contributed by atoms with Crippen molar-refractivity contribution in [1.82, 2.24) is 4.90 Å². The minimum absolute atomic E-state index is 0.239. The van der Waals surface area contributed by atoms with E-state index in [0.717, 1.165) is 4.90 Å². The largest absolute Gasteiger partial charge is 0.475 e. The van der Waals surface area contributed by atoms with E-state index >= 15 is 0 Å². The molecule has 5 nitrogen and oxygen atoms in total. The van der Waals surface area contributed by atoms with Gasteiger partial charge in [0.15, 0.2) is 5.78 Å². The second-order valence-corrected chi connectivity index (χ2v) is 7.00. The van der Waals surface area contributed by atoms with E-state index in [9.17, 15) is 14.4 Å². The Morgan fingerprint density at radius 3 is 2.28 bits per heavy atom. The van der Waals surface area contributed by atoms with E-state index < -0.39 is 17.9 Å². The topological polar surface area (TPSA) is 63.7 Å². The fourth-order valence-corrected chi connectivity index (χ4v) is 3.30. The van der Waals surface area contributed by atoms with Crippen LogP contribution < -0.4 is 4.74 Å². The summed E-state index contributed by atoms with van der Waals surface area (Å²) >= 11 is 5.87. The van der Waals surface area contributed by atoms with Crippen LogP contribution in [0.5, 0.6) is 5.75 Å². The number of hydrogen-bond acceptors (Lipinski definition) is 4. The molecule has 3 aromatic rings. The van der Waals surface area contributed by atoms with E-state index in [1.807, 2.05) is 6.07 Å². The molecule has 0 bridgehead atoms. The Kier molecular flexibility index (Phi) is 5.14. The highest BCUT2D eigenvalue weighted by atomic mass is 35.5. The summed E-state index contributed by atoms with van der Waals surface area (Å²) < 4.78 is 5.92. The van der Waals surface area contributed by atoms with Crippen molar-refractivity contribution in [1.29, 1.82) is 0 Å². The summed E-state index contributed by atoms with van der Waals surface area (Å²) in [5.41, 5.74) is 1.21. The van der Waals surface area contributed by atoms with Crippen molar-refractivity contribution in [2.45, 2.75) is 6.10 Å². The standard InChI is InChI=1S/C23H16ClNO4/c24-17-12-10-15(11-13-17)19(26)14-25-22(27)18-8-4-5-9-20(18)29-21(23(25)28)16-6-2-1-3-7-16/h1-13,21H,14H2. The van der Waals surface area contributed by atoms with Crippen LogP contribution in [-0.4, -0.2) is 29.0 Å². The van der Waals surface area contributed by atoms with Gasteiger partial charge in [0.25, 0.3) is 11.8 Å².